The number of rotatable bonds is 4. The molecule has 1 unspecified atom stereocenters. The quantitative estimate of drug-likeness (QED) is 0.672. The Labute approximate surface area is 110 Å². The highest BCUT2D eigenvalue weighted by atomic mass is 35.5. The lowest BCUT2D eigenvalue weighted by Crippen LogP contribution is -2.36. The van der Waals surface area contributed by atoms with Crippen molar-refractivity contribution < 1.29 is 9.72 Å². The Hall–Kier alpha value is -1.82. The van der Waals surface area contributed by atoms with Gasteiger partial charge in [0, 0.05) is 25.2 Å². The molecule has 0 aliphatic rings. The molecule has 0 aliphatic carbocycles. The molecule has 1 atom stereocenters. The average Bonchev–Trinajstić information content (AvgIpc) is 2.27. The van der Waals surface area contributed by atoms with Gasteiger partial charge >= 0.3 is 0 Å². The molecule has 0 bridgehead atoms. The van der Waals surface area contributed by atoms with Crippen LogP contribution >= 0.6 is 11.6 Å². The third-order valence-electron chi connectivity index (χ3n) is 2.34. The van der Waals surface area contributed by atoms with Crippen molar-refractivity contribution in [2.45, 2.75) is 13.0 Å². The Bertz CT molecular complexity index is 477. The van der Waals surface area contributed by atoms with Crippen molar-refractivity contribution in [3.8, 4) is 0 Å². The number of nitrogens with one attached hydrogen (secondary N) is 1. The lowest BCUT2D eigenvalue weighted by atomic mass is 10.2. The highest BCUT2D eigenvalue weighted by Crippen LogP contribution is 2.28. The summed E-state index contributed by atoms with van der Waals surface area (Å²) in [4.78, 5) is 23.4. The number of carbonyl (C=O) groups excluding carboxylic acids is 1. The summed E-state index contributed by atoms with van der Waals surface area (Å²) in [5.74, 6) is -0.177. The van der Waals surface area contributed by atoms with E-state index in [2.05, 4.69) is 5.32 Å². The number of hydrogen-bond acceptors (Lipinski definition) is 4. The summed E-state index contributed by atoms with van der Waals surface area (Å²) in [5.41, 5.74) is 0.119. The summed E-state index contributed by atoms with van der Waals surface area (Å²) >= 11 is 5.79. The van der Waals surface area contributed by atoms with E-state index in [-0.39, 0.29) is 17.3 Å². The van der Waals surface area contributed by atoms with Crippen LogP contribution in [-0.4, -0.2) is 35.9 Å². The van der Waals surface area contributed by atoms with E-state index in [0.717, 1.165) is 0 Å². The van der Waals surface area contributed by atoms with Crippen LogP contribution in [0.25, 0.3) is 0 Å². The minimum atomic E-state index is -0.572. The molecular formula is C11H14ClN3O3. The fourth-order valence-electron chi connectivity index (χ4n) is 1.47. The Morgan fingerprint density at radius 2 is 2.11 bits per heavy atom. The number of hydrogen-bond donors (Lipinski definition) is 1. The Morgan fingerprint density at radius 1 is 1.50 bits per heavy atom. The molecule has 1 aromatic carbocycles. The molecule has 1 N–H and O–H groups in total. The Balaban J connectivity index is 2.99. The first kappa shape index (κ1) is 14.2. The van der Waals surface area contributed by atoms with Gasteiger partial charge in [0.05, 0.1) is 4.92 Å². The molecule has 18 heavy (non-hydrogen) atoms. The summed E-state index contributed by atoms with van der Waals surface area (Å²) in [6.07, 6.45) is 0. The van der Waals surface area contributed by atoms with E-state index in [0.29, 0.717) is 5.02 Å². The van der Waals surface area contributed by atoms with Crippen LogP contribution in [0.3, 0.4) is 0 Å². The zero-order chi connectivity index (χ0) is 13.9. The van der Waals surface area contributed by atoms with Gasteiger partial charge in [0.15, 0.2) is 0 Å². The molecule has 0 saturated heterocycles. The van der Waals surface area contributed by atoms with E-state index in [4.69, 9.17) is 11.6 Å². The molecule has 6 nitrogen and oxygen atoms in total. The maximum Gasteiger partial charge on any atom is 0.292 e. The zero-order valence-electron chi connectivity index (χ0n) is 10.3. The highest BCUT2D eigenvalue weighted by molar-refractivity contribution is 6.31. The van der Waals surface area contributed by atoms with E-state index in [1.54, 1.807) is 21.0 Å². The van der Waals surface area contributed by atoms with Gasteiger partial charge < -0.3 is 10.2 Å². The molecule has 0 spiro atoms. The molecule has 7 heteroatoms. The molecule has 0 saturated carbocycles. The van der Waals surface area contributed by atoms with Gasteiger partial charge in [-0.05, 0) is 19.1 Å². The van der Waals surface area contributed by atoms with Crippen LogP contribution in [0.1, 0.15) is 6.92 Å². The minimum absolute atomic E-state index is 0.113. The molecule has 1 rings (SSSR count). The van der Waals surface area contributed by atoms with E-state index in [1.807, 2.05) is 0 Å². The molecule has 0 fully saturated rings. The first-order valence-electron chi connectivity index (χ1n) is 5.24. The van der Waals surface area contributed by atoms with E-state index in [9.17, 15) is 14.9 Å². The van der Waals surface area contributed by atoms with Gasteiger partial charge in [0.25, 0.3) is 5.69 Å². The van der Waals surface area contributed by atoms with Crippen molar-refractivity contribution in [1.82, 2.24) is 4.90 Å². The summed E-state index contributed by atoms with van der Waals surface area (Å²) in [6.45, 7) is 1.63. The second-order valence-corrected chi connectivity index (χ2v) is 4.45. The molecular weight excluding hydrogens is 258 g/mol. The fraction of sp³-hybridized carbons (Fsp3) is 0.364. The number of anilines is 1. The highest BCUT2D eigenvalue weighted by Gasteiger charge is 2.20. The molecule has 98 valence electrons. The van der Waals surface area contributed by atoms with Gasteiger partial charge in [-0.1, -0.05) is 11.6 Å². The zero-order valence-corrected chi connectivity index (χ0v) is 11.1. The van der Waals surface area contributed by atoms with Gasteiger partial charge in [0.2, 0.25) is 5.91 Å². The SMILES string of the molecule is CC(Nc1cc(Cl)ccc1[N+](=O)[O-])C(=O)N(C)C. The molecule has 1 amide bonds. The normalized spacial score (nSPS) is 11.8. The monoisotopic (exact) mass is 271 g/mol. The number of amides is 1. The summed E-state index contributed by atoms with van der Waals surface area (Å²) in [6, 6.07) is 3.59. The predicted octanol–water partition coefficient (Wildman–Crippen LogP) is 2.14. The fourth-order valence-corrected chi connectivity index (χ4v) is 1.64. The minimum Gasteiger partial charge on any atom is -0.368 e. The largest absolute Gasteiger partial charge is 0.368 e. The Morgan fingerprint density at radius 3 is 2.61 bits per heavy atom. The number of benzene rings is 1. The van der Waals surface area contributed by atoms with Gasteiger partial charge in [-0.2, -0.15) is 0 Å². The topological polar surface area (TPSA) is 75.5 Å². The van der Waals surface area contributed by atoms with Crippen molar-refractivity contribution in [3.63, 3.8) is 0 Å². The van der Waals surface area contributed by atoms with Gasteiger partial charge in [-0.25, -0.2) is 0 Å². The maximum absolute atomic E-state index is 11.7. The summed E-state index contributed by atoms with van der Waals surface area (Å²) in [5, 5.41) is 14.0. The average molecular weight is 272 g/mol. The van der Waals surface area contributed by atoms with Crippen LogP contribution < -0.4 is 5.32 Å². The molecule has 0 heterocycles. The van der Waals surface area contributed by atoms with Crippen LogP contribution in [0.5, 0.6) is 0 Å². The second kappa shape index (κ2) is 5.68. The van der Waals surface area contributed by atoms with E-state index in [1.165, 1.54) is 23.1 Å². The maximum atomic E-state index is 11.7. The van der Waals surface area contributed by atoms with Gasteiger partial charge in [-0.15, -0.1) is 0 Å². The summed E-state index contributed by atoms with van der Waals surface area (Å²) in [7, 11) is 3.24. The molecule has 1 aromatic rings. The summed E-state index contributed by atoms with van der Waals surface area (Å²) < 4.78 is 0. The number of likely N-dealkylation sites (N-methyl/N-ethyl adjacent to an activating group) is 1. The van der Waals surface area contributed by atoms with Crippen molar-refractivity contribution in [3.05, 3.63) is 33.3 Å². The van der Waals surface area contributed by atoms with Crippen LogP contribution in [0.2, 0.25) is 5.02 Å². The van der Waals surface area contributed by atoms with E-state index >= 15 is 0 Å². The van der Waals surface area contributed by atoms with Crippen molar-refractivity contribution in [2.75, 3.05) is 19.4 Å². The van der Waals surface area contributed by atoms with Crippen LogP contribution in [0.4, 0.5) is 11.4 Å². The first-order valence-corrected chi connectivity index (χ1v) is 5.62. The van der Waals surface area contributed by atoms with Gasteiger partial charge in [-0.3, -0.25) is 14.9 Å². The first-order chi connectivity index (χ1) is 8.32. The third kappa shape index (κ3) is 3.33. The number of nitrogens with zero attached hydrogens (tertiary/aromatic N) is 2. The lowest BCUT2D eigenvalue weighted by Gasteiger charge is -2.18. The van der Waals surface area contributed by atoms with Crippen LogP contribution in [0.15, 0.2) is 18.2 Å². The number of halogens is 1. The molecule has 0 aromatic heterocycles. The van der Waals surface area contributed by atoms with Crippen molar-refractivity contribution >= 4 is 28.9 Å². The third-order valence-corrected chi connectivity index (χ3v) is 2.57. The van der Waals surface area contributed by atoms with E-state index < -0.39 is 11.0 Å². The molecule has 0 radical (unpaired) electrons. The standard InChI is InChI=1S/C11H14ClN3O3/c1-7(11(16)14(2)3)13-9-6-8(12)4-5-10(9)15(17)18/h4-7,13H,1-3H3. The number of nitro benzene ring substituents is 1. The smallest absolute Gasteiger partial charge is 0.292 e. The number of nitro groups is 1. The van der Waals surface area contributed by atoms with Crippen LogP contribution in [0, 0.1) is 10.1 Å². The lowest BCUT2D eigenvalue weighted by molar-refractivity contribution is -0.384. The molecule has 0 aliphatic heterocycles. The van der Waals surface area contributed by atoms with Crippen molar-refractivity contribution in [1.29, 1.82) is 0 Å². The second-order valence-electron chi connectivity index (χ2n) is 4.02. The van der Waals surface area contributed by atoms with Crippen molar-refractivity contribution in [2.24, 2.45) is 0 Å². The predicted molar refractivity (Wildman–Crippen MR) is 69.9 cm³/mol. The van der Waals surface area contributed by atoms with Crippen LogP contribution in [-0.2, 0) is 4.79 Å². The number of carbonyl (C=O) groups is 1. The Kier molecular flexibility index (Phi) is 4.49. The van der Waals surface area contributed by atoms with Gasteiger partial charge in [0.1, 0.15) is 11.7 Å².